The van der Waals surface area contributed by atoms with Crippen molar-refractivity contribution in [2.75, 3.05) is 11.9 Å². The fourth-order valence-corrected chi connectivity index (χ4v) is 1.69. The van der Waals surface area contributed by atoms with Gasteiger partial charge in [0.05, 0.1) is 0 Å². The first-order chi connectivity index (χ1) is 8.29. The van der Waals surface area contributed by atoms with Crippen LogP contribution in [-0.4, -0.2) is 28.6 Å². The van der Waals surface area contributed by atoms with Gasteiger partial charge < -0.3 is 10.6 Å². The van der Waals surface area contributed by atoms with E-state index >= 15 is 0 Å². The van der Waals surface area contributed by atoms with Gasteiger partial charge in [-0.15, -0.1) is 10.2 Å². The second-order valence-corrected chi connectivity index (χ2v) is 6.11. The van der Waals surface area contributed by atoms with E-state index in [0.717, 1.165) is 5.01 Å². The molecular weight excluding hydrogens is 252 g/mol. The first kappa shape index (κ1) is 14.6. The predicted molar refractivity (Wildman–Crippen MR) is 70.4 cm³/mol. The van der Waals surface area contributed by atoms with E-state index in [1.54, 1.807) is 0 Å². The minimum atomic E-state index is -0.438. The summed E-state index contributed by atoms with van der Waals surface area (Å²) in [7, 11) is 0. The monoisotopic (exact) mass is 270 g/mol. The number of aryl methyl sites for hydroxylation is 1. The molecule has 1 heterocycles. The van der Waals surface area contributed by atoms with Crippen LogP contribution < -0.4 is 10.6 Å². The molecule has 0 atom stereocenters. The third kappa shape index (κ3) is 4.79. The third-order valence-electron chi connectivity index (χ3n) is 2.09. The van der Waals surface area contributed by atoms with Gasteiger partial charge in [0.15, 0.2) is 0 Å². The zero-order valence-corrected chi connectivity index (χ0v) is 11.8. The Bertz CT molecular complexity index is 436. The molecule has 0 bridgehead atoms. The Hall–Kier alpha value is -1.50. The van der Waals surface area contributed by atoms with Crippen LogP contribution in [0, 0.1) is 12.3 Å². The number of rotatable bonds is 4. The average molecular weight is 270 g/mol. The van der Waals surface area contributed by atoms with E-state index in [1.807, 2.05) is 27.7 Å². The SMILES string of the molecule is Cc1nnc(NC(=O)CCNC(=O)C(C)(C)C)s1. The molecule has 0 unspecified atom stereocenters. The summed E-state index contributed by atoms with van der Waals surface area (Å²) in [6.45, 7) is 7.61. The molecule has 0 fully saturated rings. The van der Waals surface area contributed by atoms with Crippen molar-refractivity contribution in [1.82, 2.24) is 15.5 Å². The molecule has 0 aliphatic rings. The van der Waals surface area contributed by atoms with Crippen molar-refractivity contribution >= 4 is 28.3 Å². The van der Waals surface area contributed by atoms with Gasteiger partial charge in [0.2, 0.25) is 16.9 Å². The van der Waals surface area contributed by atoms with Gasteiger partial charge in [-0.3, -0.25) is 9.59 Å². The van der Waals surface area contributed by atoms with Crippen molar-refractivity contribution in [2.45, 2.75) is 34.1 Å². The highest BCUT2D eigenvalue weighted by Crippen LogP contribution is 2.14. The molecule has 0 aliphatic carbocycles. The molecule has 2 N–H and O–H groups in total. The maximum atomic E-state index is 11.5. The van der Waals surface area contributed by atoms with Crippen LogP contribution in [0.5, 0.6) is 0 Å². The van der Waals surface area contributed by atoms with E-state index in [4.69, 9.17) is 0 Å². The number of carbonyl (C=O) groups is 2. The fourth-order valence-electron chi connectivity index (χ4n) is 1.08. The van der Waals surface area contributed by atoms with E-state index in [9.17, 15) is 9.59 Å². The van der Waals surface area contributed by atoms with E-state index < -0.39 is 5.41 Å². The lowest BCUT2D eigenvalue weighted by molar-refractivity contribution is -0.128. The third-order valence-corrected chi connectivity index (χ3v) is 2.85. The quantitative estimate of drug-likeness (QED) is 0.864. The van der Waals surface area contributed by atoms with Crippen LogP contribution in [0.15, 0.2) is 0 Å². The van der Waals surface area contributed by atoms with Crippen LogP contribution in [-0.2, 0) is 9.59 Å². The zero-order chi connectivity index (χ0) is 13.8. The molecule has 6 nitrogen and oxygen atoms in total. The molecule has 1 aromatic heterocycles. The Labute approximate surface area is 110 Å². The summed E-state index contributed by atoms with van der Waals surface area (Å²) in [5.41, 5.74) is -0.438. The van der Waals surface area contributed by atoms with Crippen LogP contribution in [0.3, 0.4) is 0 Å². The summed E-state index contributed by atoms with van der Waals surface area (Å²) in [5.74, 6) is -0.248. The van der Waals surface area contributed by atoms with E-state index in [-0.39, 0.29) is 18.2 Å². The van der Waals surface area contributed by atoms with Crippen LogP contribution in [0.4, 0.5) is 5.13 Å². The van der Waals surface area contributed by atoms with E-state index in [0.29, 0.717) is 11.7 Å². The second-order valence-electron chi connectivity index (χ2n) is 4.93. The first-order valence-corrected chi connectivity index (χ1v) is 6.49. The van der Waals surface area contributed by atoms with Gasteiger partial charge in [0.25, 0.3) is 0 Å². The molecule has 0 aromatic carbocycles. The molecular formula is C11H18N4O2S. The normalized spacial score (nSPS) is 11.1. The van der Waals surface area contributed by atoms with Crippen LogP contribution >= 0.6 is 11.3 Å². The Morgan fingerprint density at radius 2 is 1.94 bits per heavy atom. The lowest BCUT2D eigenvalue weighted by atomic mass is 9.96. The molecule has 0 saturated heterocycles. The average Bonchev–Trinajstić information content (AvgIpc) is 2.62. The van der Waals surface area contributed by atoms with Crippen molar-refractivity contribution in [3.05, 3.63) is 5.01 Å². The molecule has 0 radical (unpaired) electrons. The van der Waals surface area contributed by atoms with E-state index in [1.165, 1.54) is 11.3 Å². The van der Waals surface area contributed by atoms with Gasteiger partial charge in [0, 0.05) is 18.4 Å². The number of amides is 2. The molecule has 2 amide bonds. The van der Waals surface area contributed by atoms with Crippen LogP contribution in [0.25, 0.3) is 0 Å². The molecule has 1 rings (SSSR count). The Morgan fingerprint density at radius 3 is 2.44 bits per heavy atom. The van der Waals surface area contributed by atoms with Crippen LogP contribution in [0.1, 0.15) is 32.2 Å². The molecule has 0 saturated carbocycles. The molecule has 0 aliphatic heterocycles. The molecule has 7 heteroatoms. The van der Waals surface area contributed by atoms with Gasteiger partial charge in [-0.2, -0.15) is 0 Å². The molecule has 0 spiro atoms. The molecule has 1 aromatic rings. The molecule has 100 valence electrons. The number of carbonyl (C=O) groups excluding carboxylic acids is 2. The number of hydrogen-bond acceptors (Lipinski definition) is 5. The lowest BCUT2D eigenvalue weighted by Crippen LogP contribution is -2.36. The Balaban J connectivity index is 2.28. The highest BCUT2D eigenvalue weighted by atomic mass is 32.1. The first-order valence-electron chi connectivity index (χ1n) is 5.67. The number of anilines is 1. The lowest BCUT2D eigenvalue weighted by Gasteiger charge is -2.17. The minimum absolute atomic E-state index is 0.0675. The van der Waals surface area contributed by atoms with Gasteiger partial charge in [0.1, 0.15) is 5.01 Å². The van der Waals surface area contributed by atoms with Gasteiger partial charge >= 0.3 is 0 Å². The largest absolute Gasteiger partial charge is 0.355 e. The highest BCUT2D eigenvalue weighted by Gasteiger charge is 2.20. The highest BCUT2D eigenvalue weighted by molar-refractivity contribution is 7.15. The minimum Gasteiger partial charge on any atom is -0.355 e. The standard InChI is InChI=1S/C11H18N4O2S/c1-7-14-15-10(18-7)13-8(16)5-6-12-9(17)11(2,3)4/h5-6H2,1-4H3,(H,12,17)(H,13,15,16). The van der Waals surface area contributed by atoms with Crippen molar-refractivity contribution in [1.29, 1.82) is 0 Å². The second kappa shape index (κ2) is 5.90. The summed E-state index contributed by atoms with van der Waals surface area (Å²) in [6.07, 6.45) is 0.223. The maximum absolute atomic E-state index is 11.5. The van der Waals surface area contributed by atoms with Gasteiger partial charge in [-0.05, 0) is 6.92 Å². The zero-order valence-electron chi connectivity index (χ0n) is 11.0. The van der Waals surface area contributed by atoms with Crippen molar-refractivity contribution < 1.29 is 9.59 Å². The number of nitrogens with one attached hydrogen (secondary N) is 2. The number of aromatic nitrogens is 2. The topological polar surface area (TPSA) is 84.0 Å². The number of nitrogens with zero attached hydrogens (tertiary/aromatic N) is 2. The summed E-state index contributed by atoms with van der Waals surface area (Å²) < 4.78 is 0. The summed E-state index contributed by atoms with van der Waals surface area (Å²) in [4.78, 5) is 23.1. The van der Waals surface area contributed by atoms with Crippen LogP contribution in [0.2, 0.25) is 0 Å². The fraction of sp³-hybridized carbons (Fsp3) is 0.636. The van der Waals surface area contributed by atoms with Crippen molar-refractivity contribution in [3.8, 4) is 0 Å². The Kier molecular flexibility index (Phi) is 4.77. The summed E-state index contributed by atoms with van der Waals surface area (Å²) in [6, 6.07) is 0. The maximum Gasteiger partial charge on any atom is 0.227 e. The van der Waals surface area contributed by atoms with Gasteiger partial charge in [-0.25, -0.2) is 0 Å². The summed E-state index contributed by atoms with van der Waals surface area (Å²) >= 11 is 1.32. The smallest absolute Gasteiger partial charge is 0.227 e. The number of hydrogen-bond donors (Lipinski definition) is 2. The summed E-state index contributed by atoms with van der Waals surface area (Å²) in [5, 5.41) is 14.2. The Morgan fingerprint density at radius 1 is 1.28 bits per heavy atom. The van der Waals surface area contributed by atoms with Crippen molar-refractivity contribution in [2.24, 2.45) is 5.41 Å². The predicted octanol–water partition coefficient (Wildman–Crippen LogP) is 1.34. The van der Waals surface area contributed by atoms with Gasteiger partial charge in [-0.1, -0.05) is 32.1 Å². The van der Waals surface area contributed by atoms with E-state index in [2.05, 4.69) is 20.8 Å². The van der Waals surface area contributed by atoms with Crippen molar-refractivity contribution in [3.63, 3.8) is 0 Å². The molecule has 18 heavy (non-hydrogen) atoms.